The summed E-state index contributed by atoms with van der Waals surface area (Å²) in [6.45, 7) is 5.49. The summed E-state index contributed by atoms with van der Waals surface area (Å²) in [5, 5.41) is 3.33. The predicted molar refractivity (Wildman–Crippen MR) is 70.5 cm³/mol. The maximum absolute atomic E-state index is 12.0. The number of esters is 1. The smallest absolute Gasteiger partial charge is 0.323 e. The van der Waals surface area contributed by atoms with Crippen LogP contribution in [0.25, 0.3) is 0 Å². The van der Waals surface area contributed by atoms with Crippen molar-refractivity contribution in [1.82, 2.24) is 10.2 Å². The summed E-state index contributed by atoms with van der Waals surface area (Å²) in [7, 11) is 4.05. The van der Waals surface area contributed by atoms with Gasteiger partial charge in [0.25, 0.3) is 0 Å². The molecule has 5 heteroatoms. The fraction of sp³-hybridized carbons (Fsp3) is 0.923. The van der Waals surface area contributed by atoms with E-state index in [1.807, 2.05) is 21.0 Å². The third-order valence-electron chi connectivity index (χ3n) is 3.20. The van der Waals surface area contributed by atoms with E-state index in [9.17, 15) is 4.79 Å². The van der Waals surface area contributed by atoms with Gasteiger partial charge >= 0.3 is 5.97 Å². The molecule has 0 bridgehead atoms. The quantitative estimate of drug-likeness (QED) is 0.674. The van der Waals surface area contributed by atoms with Crippen molar-refractivity contribution in [3.63, 3.8) is 0 Å². The largest absolute Gasteiger partial charge is 0.465 e. The number of rotatable bonds is 7. The van der Waals surface area contributed by atoms with E-state index >= 15 is 0 Å². The van der Waals surface area contributed by atoms with E-state index in [-0.39, 0.29) is 12.0 Å². The van der Waals surface area contributed by atoms with E-state index in [1.54, 1.807) is 0 Å². The molecule has 5 nitrogen and oxygen atoms in total. The molecular formula is C13H26N2O3. The van der Waals surface area contributed by atoms with Gasteiger partial charge in [-0.1, -0.05) is 0 Å². The van der Waals surface area contributed by atoms with Crippen molar-refractivity contribution < 1.29 is 14.3 Å². The van der Waals surface area contributed by atoms with Gasteiger partial charge in [-0.05, 0) is 39.8 Å². The molecule has 1 saturated heterocycles. The maximum Gasteiger partial charge on any atom is 0.323 e. The van der Waals surface area contributed by atoms with Crippen LogP contribution in [0.15, 0.2) is 0 Å². The summed E-state index contributed by atoms with van der Waals surface area (Å²) in [6, 6.07) is -0.186. The fourth-order valence-electron chi connectivity index (χ4n) is 2.17. The molecule has 0 amide bonds. The van der Waals surface area contributed by atoms with E-state index in [0.717, 1.165) is 39.1 Å². The lowest BCUT2D eigenvalue weighted by Crippen LogP contribution is -2.47. The molecule has 0 aromatic heterocycles. The molecule has 1 aliphatic heterocycles. The lowest BCUT2D eigenvalue weighted by atomic mass is 9.91. The van der Waals surface area contributed by atoms with Crippen LogP contribution in [0.4, 0.5) is 0 Å². The highest BCUT2D eigenvalue weighted by atomic mass is 16.5. The highest BCUT2D eigenvalue weighted by molar-refractivity contribution is 5.76. The second-order valence-corrected chi connectivity index (χ2v) is 4.94. The minimum absolute atomic E-state index is 0.122. The van der Waals surface area contributed by atoms with E-state index in [1.165, 1.54) is 0 Å². The molecule has 0 aromatic rings. The SMILES string of the molecule is CCOC(=O)C(NCCN(C)C)C1CCOCC1. The second-order valence-electron chi connectivity index (χ2n) is 4.94. The highest BCUT2D eigenvalue weighted by Gasteiger charge is 2.30. The van der Waals surface area contributed by atoms with Crippen LogP contribution in [-0.4, -0.2) is 63.9 Å². The van der Waals surface area contributed by atoms with Gasteiger partial charge in [0.1, 0.15) is 6.04 Å². The molecule has 1 unspecified atom stereocenters. The lowest BCUT2D eigenvalue weighted by molar-refractivity contribution is -0.148. The van der Waals surface area contributed by atoms with Gasteiger partial charge in [0, 0.05) is 26.3 Å². The zero-order valence-corrected chi connectivity index (χ0v) is 11.8. The third-order valence-corrected chi connectivity index (χ3v) is 3.20. The van der Waals surface area contributed by atoms with Crippen LogP contribution in [0.3, 0.4) is 0 Å². The zero-order valence-electron chi connectivity index (χ0n) is 11.8. The Morgan fingerprint density at radius 1 is 1.44 bits per heavy atom. The van der Waals surface area contributed by atoms with E-state index < -0.39 is 0 Å². The standard InChI is InChI=1S/C13H26N2O3/c1-4-18-13(16)12(14-7-8-15(2)3)11-5-9-17-10-6-11/h11-12,14H,4-10H2,1-3H3. The monoisotopic (exact) mass is 258 g/mol. The minimum Gasteiger partial charge on any atom is -0.465 e. The van der Waals surface area contributed by atoms with Crippen LogP contribution in [0, 0.1) is 5.92 Å². The number of ether oxygens (including phenoxy) is 2. The van der Waals surface area contributed by atoms with Crippen molar-refractivity contribution in [3.05, 3.63) is 0 Å². The Labute approximate surface area is 110 Å². The minimum atomic E-state index is -0.186. The molecule has 0 radical (unpaired) electrons. The van der Waals surface area contributed by atoms with Crippen molar-refractivity contribution >= 4 is 5.97 Å². The lowest BCUT2D eigenvalue weighted by Gasteiger charge is -2.29. The summed E-state index contributed by atoms with van der Waals surface area (Å²) in [5.41, 5.74) is 0. The number of nitrogens with zero attached hydrogens (tertiary/aromatic N) is 1. The van der Waals surface area contributed by atoms with Crippen LogP contribution in [0.5, 0.6) is 0 Å². The number of hydrogen-bond donors (Lipinski definition) is 1. The first-order chi connectivity index (χ1) is 8.65. The number of carbonyl (C=O) groups is 1. The maximum atomic E-state index is 12.0. The van der Waals surface area contributed by atoms with Gasteiger partial charge in [0.2, 0.25) is 0 Å². The van der Waals surface area contributed by atoms with Crippen molar-refractivity contribution in [2.75, 3.05) is 47.0 Å². The molecular weight excluding hydrogens is 232 g/mol. The average molecular weight is 258 g/mol. The molecule has 18 heavy (non-hydrogen) atoms. The van der Waals surface area contributed by atoms with Crippen LogP contribution >= 0.6 is 0 Å². The fourth-order valence-corrected chi connectivity index (χ4v) is 2.17. The Bertz CT molecular complexity index is 240. The summed E-state index contributed by atoms with van der Waals surface area (Å²) < 4.78 is 10.5. The summed E-state index contributed by atoms with van der Waals surface area (Å²) in [4.78, 5) is 14.1. The predicted octanol–water partition coefficient (Wildman–Crippen LogP) is 0.496. The summed E-state index contributed by atoms with van der Waals surface area (Å²) in [5.74, 6) is 0.211. The van der Waals surface area contributed by atoms with Gasteiger partial charge < -0.3 is 19.7 Å². The molecule has 1 aliphatic rings. The van der Waals surface area contributed by atoms with Gasteiger partial charge in [-0.2, -0.15) is 0 Å². The van der Waals surface area contributed by atoms with Gasteiger partial charge in [0.15, 0.2) is 0 Å². The van der Waals surface area contributed by atoms with E-state index in [4.69, 9.17) is 9.47 Å². The molecule has 1 fully saturated rings. The third kappa shape index (κ3) is 5.33. The van der Waals surface area contributed by atoms with Gasteiger partial charge in [-0.3, -0.25) is 4.79 Å². The van der Waals surface area contributed by atoms with Crippen LogP contribution in [0.1, 0.15) is 19.8 Å². The number of likely N-dealkylation sites (N-methyl/N-ethyl adjacent to an activating group) is 1. The topological polar surface area (TPSA) is 50.8 Å². The van der Waals surface area contributed by atoms with E-state index in [0.29, 0.717) is 12.5 Å². The number of hydrogen-bond acceptors (Lipinski definition) is 5. The molecule has 0 aliphatic carbocycles. The van der Waals surface area contributed by atoms with E-state index in [2.05, 4.69) is 10.2 Å². The summed E-state index contributed by atoms with van der Waals surface area (Å²) >= 11 is 0. The molecule has 1 N–H and O–H groups in total. The first-order valence-corrected chi connectivity index (χ1v) is 6.77. The number of nitrogens with one attached hydrogen (secondary N) is 1. The molecule has 0 aromatic carbocycles. The Hall–Kier alpha value is -0.650. The van der Waals surface area contributed by atoms with Crippen LogP contribution < -0.4 is 5.32 Å². The number of carbonyl (C=O) groups excluding carboxylic acids is 1. The summed E-state index contributed by atoms with van der Waals surface area (Å²) in [6.07, 6.45) is 1.86. The second kappa shape index (κ2) is 8.45. The Kier molecular flexibility index (Phi) is 7.23. The van der Waals surface area contributed by atoms with Gasteiger partial charge in [-0.15, -0.1) is 0 Å². The molecule has 1 rings (SSSR count). The normalized spacial score (nSPS) is 18.9. The highest BCUT2D eigenvalue weighted by Crippen LogP contribution is 2.19. The van der Waals surface area contributed by atoms with Crippen LogP contribution in [0.2, 0.25) is 0 Å². The Morgan fingerprint density at radius 3 is 2.67 bits per heavy atom. The zero-order chi connectivity index (χ0) is 13.4. The molecule has 0 spiro atoms. The van der Waals surface area contributed by atoms with Crippen LogP contribution in [-0.2, 0) is 14.3 Å². The van der Waals surface area contributed by atoms with Gasteiger partial charge in [-0.25, -0.2) is 0 Å². The van der Waals surface area contributed by atoms with Crippen molar-refractivity contribution in [1.29, 1.82) is 0 Å². The molecule has 0 saturated carbocycles. The van der Waals surface area contributed by atoms with Crippen molar-refractivity contribution in [2.45, 2.75) is 25.8 Å². The average Bonchev–Trinajstić information content (AvgIpc) is 2.35. The van der Waals surface area contributed by atoms with Crippen molar-refractivity contribution in [2.24, 2.45) is 5.92 Å². The van der Waals surface area contributed by atoms with Crippen molar-refractivity contribution in [3.8, 4) is 0 Å². The Morgan fingerprint density at radius 2 is 2.11 bits per heavy atom. The first-order valence-electron chi connectivity index (χ1n) is 6.77. The molecule has 106 valence electrons. The first kappa shape index (κ1) is 15.4. The Balaban J connectivity index is 2.47. The molecule has 1 atom stereocenters. The van der Waals surface area contributed by atoms with Gasteiger partial charge in [0.05, 0.1) is 6.61 Å². The molecule has 1 heterocycles.